The normalized spacial score (nSPS) is 18.4. The van der Waals surface area contributed by atoms with Gasteiger partial charge in [0, 0.05) is 12.3 Å². The summed E-state index contributed by atoms with van der Waals surface area (Å²) in [4.78, 5) is 0. The molecule has 1 saturated heterocycles. The number of rotatable bonds is 3. The van der Waals surface area contributed by atoms with Gasteiger partial charge in [-0.3, -0.25) is 4.68 Å². The second-order valence-corrected chi connectivity index (χ2v) is 3.55. The van der Waals surface area contributed by atoms with E-state index >= 15 is 0 Å². The Labute approximate surface area is 84.3 Å². The molecule has 0 bridgehead atoms. The summed E-state index contributed by atoms with van der Waals surface area (Å²) in [5, 5.41) is 7.73. The molecule has 2 heterocycles. The first kappa shape index (κ1) is 9.52. The van der Waals surface area contributed by atoms with Crippen molar-refractivity contribution < 1.29 is 4.74 Å². The maximum atomic E-state index is 5.33. The zero-order valence-corrected chi connectivity index (χ0v) is 8.57. The minimum atomic E-state index is 0.547. The average molecular weight is 195 g/mol. The third-order valence-corrected chi connectivity index (χ3v) is 2.56. The number of hydrogen-bond acceptors (Lipinski definition) is 3. The fraction of sp³-hybridized carbons (Fsp3) is 0.700. The summed E-state index contributed by atoms with van der Waals surface area (Å²) in [6, 6.07) is 2.48. The first-order valence-electron chi connectivity index (χ1n) is 5.29. The molecule has 1 aliphatic heterocycles. The van der Waals surface area contributed by atoms with Gasteiger partial charge < -0.3 is 10.1 Å². The van der Waals surface area contributed by atoms with E-state index in [2.05, 4.69) is 10.4 Å². The molecule has 0 aliphatic carbocycles. The minimum Gasteiger partial charge on any atom is -0.477 e. The molecule has 1 fully saturated rings. The molecular weight excluding hydrogens is 178 g/mol. The van der Waals surface area contributed by atoms with E-state index in [-0.39, 0.29) is 0 Å². The van der Waals surface area contributed by atoms with Crippen molar-refractivity contribution in [3.8, 4) is 5.88 Å². The highest BCUT2D eigenvalue weighted by Crippen LogP contribution is 2.19. The van der Waals surface area contributed by atoms with Crippen LogP contribution in [0.1, 0.15) is 25.8 Å². The summed E-state index contributed by atoms with van der Waals surface area (Å²) in [5.41, 5.74) is 0. The number of aromatic nitrogens is 2. The fourth-order valence-corrected chi connectivity index (χ4v) is 1.82. The molecule has 0 saturated carbocycles. The first-order valence-corrected chi connectivity index (χ1v) is 5.29. The summed E-state index contributed by atoms with van der Waals surface area (Å²) in [6.45, 7) is 4.84. The van der Waals surface area contributed by atoms with Crippen LogP contribution < -0.4 is 10.1 Å². The van der Waals surface area contributed by atoms with Crippen molar-refractivity contribution in [1.29, 1.82) is 0 Å². The molecule has 0 radical (unpaired) electrons. The number of nitrogens with one attached hydrogen (secondary N) is 1. The van der Waals surface area contributed by atoms with Gasteiger partial charge in [-0.15, -0.1) is 5.10 Å². The summed E-state index contributed by atoms with van der Waals surface area (Å²) in [5.74, 6) is 0.742. The van der Waals surface area contributed by atoms with Crippen molar-refractivity contribution in [3.63, 3.8) is 0 Å². The van der Waals surface area contributed by atoms with Crippen LogP contribution in [0, 0.1) is 0 Å². The van der Waals surface area contributed by atoms with E-state index in [1.165, 1.54) is 0 Å². The molecule has 0 unspecified atom stereocenters. The average Bonchev–Trinajstić information content (AvgIpc) is 2.68. The largest absolute Gasteiger partial charge is 0.477 e. The summed E-state index contributed by atoms with van der Waals surface area (Å²) in [6.07, 6.45) is 4.33. The predicted molar refractivity (Wildman–Crippen MR) is 54.5 cm³/mol. The van der Waals surface area contributed by atoms with Crippen molar-refractivity contribution in [1.82, 2.24) is 15.1 Å². The maximum Gasteiger partial charge on any atom is 0.232 e. The van der Waals surface area contributed by atoms with E-state index in [1.807, 2.05) is 23.9 Å². The van der Waals surface area contributed by atoms with E-state index in [0.29, 0.717) is 12.6 Å². The molecule has 1 aromatic rings. The highest BCUT2D eigenvalue weighted by molar-refractivity contribution is 5.06. The Morgan fingerprint density at radius 3 is 3.07 bits per heavy atom. The third kappa shape index (κ3) is 2.07. The standard InChI is InChI=1S/C10H17N3O/c1-2-14-10-5-8-13(12-10)9-3-6-11-7-4-9/h5,8-9,11H,2-4,6-7H2,1H3. The van der Waals surface area contributed by atoms with Crippen LogP contribution in [0.2, 0.25) is 0 Å². The lowest BCUT2D eigenvalue weighted by Gasteiger charge is -2.22. The van der Waals surface area contributed by atoms with E-state index in [9.17, 15) is 0 Å². The Bertz CT molecular complexity index is 279. The molecule has 1 N–H and O–H groups in total. The number of hydrogen-bond donors (Lipinski definition) is 1. The molecule has 1 aliphatic rings. The van der Waals surface area contributed by atoms with Gasteiger partial charge in [-0.2, -0.15) is 0 Å². The highest BCUT2D eigenvalue weighted by atomic mass is 16.5. The van der Waals surface area contributed by atoms with Crippen molar-refractivity contribution in [2.45, 2.75) is 25.8 Å². The Morgan fingerprint density at radius 2 is 2.36 bits per heavy atom. The molecule has 78 valence electrons. The number of piperidine rings is 1. The molecule has 0 amide bonds. The van der Waals surface area contributed by atoms with Crippen LogP contribution in [-0.4, -0.2) is 29.5 Å². The van der Waals surface area contributed by atoms with Gasteiger partial charge in [-0.25, -0.2) is 0 Å². The van der Waals surface area contributed by atoms with E-state index in [4.69, 9.17) is 4.74 Å². The van der Waals surface area contributed by atoms with Crippen LogP contribution in [0.15, 0.2) is 12.3 Å². The molecule has 4 heteroatoms. The third-order valence-electron chi connectivity index (χ3n) is 2.56. The highest BCUT2D eigenvalue weighted by Gasteiger charge is 2.15. The zero-order chi connectivity index (χ0) is 9.80. The lowest BCUT2D eigenvalue weighted by atomic mass is 10.1. The molecule has 2 rings (SSSR count). The van der Waals surface area contributed by atoms with Crippen LogP contribution in [0.3, 0.4) is 0 Å². The monoisotopic (exact) mass is 195 g/mol. The van der Waals surface area contributed by atoms with Gasteiger partial charge >= 0.3 is 0 Å². The Balaban J connectivity index is 2.00. The van der Waals surface area contributed by atoms with Gasteiger partial charge in [0.1, 0.15) is 0 Å². The molecule has 0 atom stereocenters. The first-order chi connectivity index (χ1) is 6.90. The predicted octanol–water partition coefficient (Wildman–Crippen LogP) is 1.21. The second-order valence-electron chi connectivity index (χ2n) is 3.55. The molecule has 0 spiro atoms. The van der Waals surface area contributed by atoms with E-state index in [1.54, 1.807) is 0 Å². The molecule has 4 nitrogen and oxygen atoms in total. The number of nitrogens with zero attached hydrogens (tertiary/aromatic N) is 2. The van der Waals surface area contributed by atoms with Gasteiger partial charge in [0.2, 0.25) is 5.88 Å². The quantitative estimate of drug-likeness (QED) is 0.788. The molecule has 14 heavy (non-hydrogen) atoms. The van der Waals surface area contributed by atoms with Crippen LogP contribution >= 0.6 is 0 Å². The smallest absolute Gasteiger partial charge is 0.232 e. The van der Waals surface area contributed by atoms with Gasteiger partial charge in [0.05, 0.1) is 12.6 Å². The second kappa shape index (κ2) is 4.46. The van der Waals surface area contributed by atoms with Gasteiger partial charge in [-0.05, 0) is 32.9 Å². The van der Waals surface area contributed by atoms with Crippen molar-refractivity contribution in [2.75, 3.05) is 19.7 Å². The van der Waals surface area contributed by atoms with Crippen LogP contribution in [0.4, 0.5) is 0 Å². The molecule has 1 aromatic heterocycles. The van der Waals surface area contributed by atoms with Crippen LogP contribution in [0.5, 0.6) is 5.88 Å². The Kier molecular flexibility index (Phi) is 3.03. The van der Waals surface area contributed by atoms with E-state index < -0.39 is 0 Å². The van der Waals surface area contributed by atoms with Crippen molar-refractivity contribution >= 4 is 0 Å². The Hall–Kier alpha value is -1.03. The molecule has 0 aromatic carbocycles. The Morgan fingerprint density at radius 1 is 1.57 bits per heavy atom. The zero-order valence-electron chi connectivity index (χ0n) is 8.57. The summed E-state index contributed by atoms with van der Waals surface area (Å²) < 4.78 is 7.36. The topological polar surface area (TPSA) is 39.1 Å². The molecular formula is C10H17N3O. The van der Waals surface area contributed by atoms with Crippen LogP contribution in [-0.2, 0) is 0 Å². The fourth-order valence-electron chi connectivity index (χ4n) is 1.82. The van der Waals surface area contributed by atoms with Crippen molar-refractivity contribution in [2.24, 2.45) is 0 Å². The van der Waals surface area contributed by atoms with Gasteiger partial charge in [0.15, 0.2) is 0 Å². The maximum absolute atomic E-state index is 5.33. The van der Waals surface area contributed by atoms with Crippen molar-refractivity contribution in [3.05, 3.63) is 12.3 Å². The number of ether oxygens (including phenoxy) is 1. The minimum absolute atomic E-state index is 0.547. The van der Waals surface area contributed by atoms with Gasteiger partial charge in [0.25, 0.3) is 0 Å². The van der Waals surface area contributed by atoms with Crippen LogP contribution in [0.25, 0.3) is 0 Å². The van der Waals surface area contributed by atoms with Gasteiger partial charge in [-0.1, -0.05) is 0 Å². The summed E-state index contributed by atoms with van der Waals surface area (Å²) >= 11 is 0. The lowest BCUT2D eigenvalue weighted by molar-refractivity contribution is 0.301. The SMILES string of the molecule is CCOc1ccn(C2CCNCC2)n1. The summed E-state index contributed by atoms with van der Waals surface area (Å²) in [7, 11) is 0. The lowest BCUT2D eigenvalue weighted by Crippen LogP contribution is -2.29. The van der Waals surface area contributed by atoms with E-state index in [0.717, 1.165) is 31.8 Å².